The molecule has 3 heterocycles. The first-order chi connectivity index (χ1) is 12.2. The molecule has 0 saturated heterocycles. The van der Waals surface area contributed by atoms with Crippen LogP contribution < -0.4 is 5.32 Å². The number of carbonyl (C=O) groups excluding carboxylic acids is 2. The average Bonchev–Trinajstić information content (AvgIpc) is 3.04. The van der Waals surface area contributed by atoms with Crippen LogP contribution in [0.5, 0.6) is 0 Å². The van der Waals surface area contributed by atoms with Crippen LogP contribution in [0, 0.1) is 0 Å². The number of hydrogen-bond acceptors (Lipinski definition) is 5. The molecular weight excluding hydrogens is 320 g/mol. The van der Waals surface area contributed by atoms with E-state index in [0.29, 0.717) is 18.5 Å². The second kappa shape index (κ2) is 6.31. The molecule has 2 atom stereocenters. The number of hydrogen-bond donors (Lipinski definition) is 1. The van der Waals surface area contributed by atoms with Gasteiger partial charge < -0.3 is 14.6 Å². The van der Waals surface area contributed by atoms with Crippen LogP contribution in [0.4, 0.5) is 0 Å². The molecule has 4 rings (SSSR count). The van der Waals surface area contributed by atoms with E-state index in [0.717, 1.165) is 36.5 Å². The van der Waals surface area contributed by atoms with Crippen LogP contribution >= 0.6 is 0 Å². The molecular formula is C18H20N4O3. The lowest BCUT2D eigenvalue weighted by Gasteiger charge is -2.28. The number of nitrogens with zero attached hydrogens (tertiary/aromatic N) is 3. The third-order valence-electron chi connectivity index (χ3n) is 4.87. The average molecular weight is 340 g/mol. The van der Waals surface area contributed by atoms with Gasteiger partial charge >= 0.3 is 5.97 Å². The van der Waals surface area contributed by atoms with Crippen LogP contribution in [0.15, 0.2) is 24.3 Å². The van der Waals surface area contributed by atoms with E-state index in [-0.39, 0.29) is 11.9 Å². The predicted octanol–water partition coefficient (Wildman–Crippen LogP) is 1.05. The standard InChI is InChI=1S/C18H20N4O3/c1-2-15-20-21-16-8-7-12(10-22(15)16)19-17(23)14-9-11-5-3-4-6-13(11)18(24)25-14/h3-6,12,14H,2,7-10H2,1H3,(H,19,23). The number of carbonyl (C=O) groups is 2. The molecule has 25 heavy (non-hydrogen) atoms. The largest absolute Gasteiger partial charge is 0.448 e. The minimum atomic E-state index is -0.768. The smallest absolute Gasteiger partial charge is 0.339 e. The molecule has 2 aliphatic rings. The topological polar surface area (TPSA) is 86.1 Å². The van der Waals surface area contributed by atoms with Crippen molar-refractivity contribution in [1.82, 2.24) is 20.1 Å². The Balaban J connectivity index is 1.44. The van der Waals surface area contributed by atoms with Crippen LogP contribution in [-0.4, -0.2) is 38.8 Å². The summed E-state index contributed by atoms with van der Waals surface area (Å²) in [5, 5.41) is 11.4. The van der Waals surface area contributed by atoms with Gasteiger partial charge in [-0.2, -0.15) is 0 Å². The lowest BCUT2D eigenvalue weighted by Crippen LogP contribution is -2.48. The molecule has 130 valence electrons. The number of nitrogens with one attached hydrogen (secondary N) is 1. The van der Waals surface area contributed by atoms with E-state index in [1.165, 1.54) is 0 Å². The zero-order valence-electron chi connectivity index (χ0n) is 14.1. The van der Waals surface area contributed by atoms with Crippen molar-refractivity contribution in [2.75, 3.05) is 0 Å². The van der Waals surface area contributed by atoms with Crippen molar-refractivity contribution in [2.24, 2.45) is 0 Å². The molecule has 0 spiro atoms. The molecule has 1 aromatic carbocycles. The summed E-state index contributed by atoms with van der Waals surface area (Å²) in [5.41, 5.74) is 1.41. The van der Waals surface area contributed by atoms with Gasteiger partial charge in [0.25, 0.3) is 5.91 Å². The first-order valence-electron chi connectivity index (χ1n) is 8.66. The first kappa shape index (κ1) is 15.8. The molecule has 1 amide bonds. The minimum absolute atomic E-state index is 0.00262. The third kappa shape index (κ3) is 2.90. The van der Waals surface area contributed by atoms with E-state index >= 15 is 0 Å². The molecule has 0 fully saturated rings. The summed E-state index contributed by atoms with van der Waals surface area (Å²) in [6.45, 7) is 2.70. The number of benzene rings is 1. The Morgan fingerprint density at radius 3 is 3.04 bits per heavy atom. The first-order valence-corrected chi connectivity index (χ1v) is 8.66. The number of aryl methyl sites for hydroxylation is 2. The second-order valence-electron chi connectivity index (χ2n) is 6.50. The fraction of sp³-hybridized carbons (Fsp3) is 0.444. The molecule has 0 bridgehead atoms. The quantitative estimate of drug-likeness (QED) is 0.844. The summed E-state index contributed by atoms with van der Waals surface area (Å²) < 4.78 is 7.41. The van der Waals surface area contributed by atoms with Crippen LogP contribution in [0.2, 0.25) is 0 Å². The summed E-state index contributed by atoms with van der Waals surface area (Å²) in [5.74, 6) is 1.25. The highest BCUT2D eigenvalue weighted by Crippen LogP contribution is 2.21. The monoisotopic (exact) mass is 340 g/mol. The lowest BCUT2D eigenvalue weighted by molar-refractivity contribution is -0.131. The molecule has 7 nitrogen and oxygen atoms in total. The Hall–Kier alpha value is -2.70. The fourth-order valence-electron chi connectivity index (χ4n) is 3.53. The number of aromatic nitrogens is 3. The highest BCUT2D eigenvalue weighted by atomic mass is 16.5. The molecule has 1 N–H and O–H groups in total. The molecule has 0 radical (unpaired) electrons. The maximum absolute atomic E-state index is 12.6. The van der Waals surface area contributed by atoms with Crippen LogP contribution in [-0.2, 0) is 35.3 Å². The molecule has 0 aliphatic carbocycles. The van der Waals surface area contributed by atoms with E-state index in [1.807, 2.05) is 19.1 Å². The van der Waals surface area contributed by atoms with Crippen molar-refractivity contribution in [3.63, 3.8) is 0 Å². The Labute approximate surface area is 145 Å². The summed E-state index contributed by atoms with van der Waals surface area (Å²) in [7, 11) is 0. The Kier molecular flexibility index (Phi) is 3.99. The molecule has 2 aliphatic heterocycles. The molecule has 7 heteroatoms. The van der Waals surface area contributed by atoms with Gasteiger partial charge in [0.05, 0.1) is 5.56 Å². The van der Waals surface area contributed by atoms with Crippen LogP contribution in [0.25, 0.3) is 0 Å². The van der Waals surface area contributed by atoms with Gasteiger partial charge in [-0.15, -0.1) is 10.2 Å². The molecule has 2 aromatic rings. The summed E-state index contributed by atoms with van der Waals surface area (Å²) in [6.07, 6.45) is 2.05. The SMILES string of the molecule is CCc1nnc2n1CC(NC(=O)C1Cc3ccccc3C(=O)O1)CC2. The number of esters is 1. The van der Waals surface area contributed by atoms with Gasteiger partial charge in [0.1, 0.15) is 11.6 Å². The number of cyclic esters (lactones) is 1. The van der Waals surface area contributed by atoms with Crippen molar-refractivity contribution in [2.45, 2.75) is 51.3 Å². The zero-order valence-corrected chi connectivity index (χ0v) is 14.1. The summed E-state index contributed by atoms with van der Waals surface area (Å²) in [4.78, 5) is 24.7. The summed E-state index contributed by atoms with van der Waals surface area (Å²) >= 11 is 0. The van der Waals surface area contributed by atoms with Gasteiger partial charge in [0.2, 0.25) is 0 Å². The molecule has 2 unspecified atom stereocenters. The molecule has 0 saturated carbocycles. The summed E-state index contributed by atoms with van der Waals surface area (Å²) in [6, 6.07) is 7.26. The lowest BCUT2D eigenvalue weighted by atomic mass is 9.98. The number of rotatable bonds is 3. The van der Waals surface area contributed by atoms with Crippen molar-refractivity contribution in [3.05, 3.63) is 47.0 Å². The minimum Gasteiger partial charge on any atom is -0.448 e. The van der Waals surface area contributed by atoms with Gasteiger partial charge in [0, 0.05) is 31.8 Å². The van der Waals surface area contributed by atoms with Crippen molar-refractivity contribution < 1.29 is 14.3 Å². The number of fused-ring (bicyclic) bond motifs is 2. The van der Waals surface area contributed by atoms with Crippen LogP contribution in [0.1, 0.15) is 40.9 Å². The highest BCUT2D eigenvalue weighted by Gasteiger charge is 2.33. The zero-order chi connectivity index (χ0) is 17.4. The van der Waals surface area contributed by atoms with E-state index in [9.17, 15) is 9.59 Å². The fourth-order valence-corrected chi connectivity index (χ4v) is 3.53. The Bertz CT molecular complexity index is 816. The Morgan fingerprint density at radius 2 is 2.20 bits per heavy atom. The maximum atomic E-state index is 12.6. The van der Waals surface area contributed by atoms with Crippen molar-refractivity contribution in [3.8, 4) is 0 Å². The van der Waals surface area contributed by atoms with Gasteiger partial charge in [-0.3, -0.25) is 4.79 Å². The van der Waals surface area contributed by atoms with Crippen molar-refractivity contribution >= 4 is 11.9 Å². The van der Waals surface area contributed by atoms with Gasteiger partial charge in [0.15, 0.2) is 6.10 Å². The Morgan fingerprint density at radius 1 is 1.36 bits per heavy atom. The van der Waals surface area contributed by atoms with E-state index in [1.54, 1.807) is 12.1 Å². The highest BCUT2D eigenvalue weighted by molar-refractivity contribution is 5.95. The van der Waals surface area contributed by atoms with E-state index < -0.39 is 12.1 Å². The predicted molar refractivity (Wildman–Crippen MR) is 89.0 cm³/mol. The van der Waals surface area contributed by atoms with Crippen molar-refractivity contribution in [1.29, 1.82) is 0 Å². The van der Waals surface area contributed by atoms with Gasteiger partial charge in [-0.1, -0.05) is 25.1 Å². The van der Waals surface area contributed by atoms with Gasteiger partial charge in [-0.25, -0.2) is 4.79 Å². The third-order valence-corrected chi connectivity index (χ3v) is 4.87. The van der Waals surface area contributed by atoms with E-state index in [2.05, 4.69) is 20.1 Å². The normalized spacial score (nSPS) is 21.9. The van der Waals surface area contributed by atoms with Crippen LogP contribution in [0.3, 0.4) is 0 Å². The molecule has 1 aromatic heterocycles. The van der Waals surface area contributed by atoms with Gasteiger partial charge in [-0.05, 0) is 18.1 Å². The van der Waals surface area contributed by atoms with E-state index in [4.69, 9.17) is 4.74 Å². The number of amides is 1. The number of ether oxygens (including phenoxy) is 1. The maximum Gasteiger partial charge on any atom is 0.339 e. The second-order valence-corrected chi connectivity index (χ2v) is 6.50.